The first-order valence-corrected chi connectivity index (χ1v) is 7.34. The van der Waals surface area contributed by atoms with Gasteiger partial charge >= 0.3 is 5.97 Å². The van der Waals surface area contributed by atoms with Gasteiger partial charge in [-0.25, -0.2) is 0 Å². The minimum atomic E-state index is -1.09. The maximum atomic E-state index is 12.7. The van der Waals surface area contributed by atoms with Gasteiger partial charge in [0, 0.05) is 6.42 Å². The lowest BCUT2D eigenvalue weighted by Gasteiger charge is -2.27. The number of carbonyl (C=O) groups is 3. The van der Waals surface area contributed by atoms with Gasteiger partial charge < -0.3 is 15.3 Å². The van der Waals surface area contributed by atoms with E-state index in [4.69, 9.17) is 5.11 Å². The van der Waals surface area contributed by atoms with Crippen LogP contribution in [0.2, 0.25) is 0 Å². The average molecular weight is 326 g/mol. The number of aliphatic carboxylic acids is 1. The van der Waals surface area contributed by atoms with Gasteiger partial charge in [-0.2, -0.15) is 0 Å². The highest BCUT2D eigenvalue weighted by Gasteiger charge is 2.38. The van der Waals surface area contributed by atoms with Crippen LogP contribution in [0.3, 0.4) is 0 Å². The molecule has 2 aromatic carbocycles. The second-order valence-electron chi connectivity index (χ2n) is 5.60. The summed E-state index contributed by atoms with van der Waals surface area (Å²) in [6.07, 6.45) is -0.538. The predicted molar refractivity (Wildman–Crippen MR) is 83.4 cm³/mol. The van der Waals surface area contributed by atoms with Crippen LogP contribution >= 0.6 is 0 Å². The maximum Gasteiger partial charge on any atom is 0.303 e. The van der Waals surface area contributed by atoms with E-state index in [0.717, 1.165) is 0 Å². The lowest BCUT2D eigenvalue weighted by molar-refractivity contribution is -0.138. The number of rotatable bonds is 4. The summed E-state index contributed by atoms with van der Waals surface area (Å²) in [6, 6.07) is 8.83. The number of ketones is 2. The van der Waals surface area contributed by atoms with E-state index in [2.05, 4.69) is 0 Å². The van der Waals surface area contributed by atoms with Crippen molar-refractivity contribution >= 4 is 17.5 Å². The molecular weight excluding hydrogens is 312 g/mol. The summed E-state index contributed by atoms with van der Waals surface area (Å²) in [6.45, 7) is 0. The van der Waals surface area contributed by atoms with E-state index in [1.54, 1.807) is 12.1 Å². The molecule has 0 bridgehead atoms. The highest BCUT2D eigenvalue weighted by molar-refractivity contribution is 6.18. The molecule has 1 aliphatic rings. The number of hydrogen-bond donors (Lipinski definition) is 3. The number of phenols is 2. The van der Waals surface area contributed by atoms with Gasteiger partial charge in [-0.05, 0) is 23.3 Å². The number of fused-ring (bicyclic) bond motifs is 2. The van der Waals surface area contributed by atoms with Gasteiger partial charge in [0.15, 0.2) is 0 Å². The molecule has 0 fully saturated rings. The lowest BCUT2D eigenvalue weighted by Crippen LogP contribution is -2.25. The number of benzene rings is 2. The molecule has 0 amide bonds. The molecule has 0 spiro atoms. The Balaban J connectivity index is 2.19. The second-order valence-corrected chi connectivity index (χ2v) is 5.60. The van der Waals surface area contributed by atoms with Crippen molar-refractivity contribution in [2.75, 3.05) is 0 Å². The zero-order valence-corrected chi connectivity index (χ0v) is 12.5. The van der Waals surface area contributed by atoms with Crippen molar-refractivity contribution in [3.8, 4) is 11.5 Å². The van der Waals surface area contributed by atoms with E-state index in [0.29, 0.717) is 11.1 Å². The molecular formula is C18H14O6. The molecule has 6 nitrogen and oxygen atoms in total. The first-order chi connectivity index (χ1) is 11.4. The molecule has 2 aromatic rings. The maximum absolute atomic E-state index is 12.7. The Morgan fingerprint density at radius 3 is 1.83 bits per heavy atom. The van der Waals surface area contributed by atoms with Crippen LogP contribution in [0.1, 0.15) is 45.8 Å². The van der Waals surface area contributed by atoms with Gasteiger partial charge in [0.1, 0.15) is 17.3 Å². The number of Topliss-reactive ketones (excluding diaryl/α,β-unsaturated/α-hetero) is 1. The molecule has 6 heteroatoms. The molecule has 1 aliphatic carbocycles. The number of aromatic hydroxyl groups is 2. The van der Waals surface area contributed by atoms with Crippen LogP contribution in [-0.4, -0.2) is 32.9 Å². The molecule has 0 heterocycles. The van der Waals surface area contributed by atoms with Crippen molar-refractivity contribution in [3.05, 3.63) is 58.7 Å². The largest absolute Gasteiger partial charge is 0.507 e. The predicted octanol–water partition coefficient (Wildman–Crippen LogP) is 2.21. The van der Waals surface area contributed by atoms with Crippen molar-refractivity contribution in [2.45, 2.75) is 18.8 Å². The third kappa shape index (κ3) is 2.42. The first-order valence-electron chi connectivity index (χ1n) is 7.34. The summed E-state index contributed by atoms with van der Waals surface area (Å²) in [4.78, 5) is 36.0. The minimum Gasteiger partial charge on any atom is -0.507 e. The highest BCUT2D eigenvalue weighted by atomic mass is 16.4. The van der Waals surface area contributed by atoms with E-state index in [-0.39, 0.29) is 41.3 Å². The Morgan fingerprint density at radius 2 is 1.38 bits per heavy atom. The Bertz CT molecular complexity index is 812. The first kappa shape index (κ1) is 15.7. The van der Waals surface area contributed by atoms with Gasteiger partial charge in [-0.3, -0.25) is 14.4 Å². The third-order valence-corrected chi connectivity index (χ3v) is 4.13. The van der Waals surface area contributed by atoms with Crippen molar-refractivity contribution < 1.29 is 29.7 Å². The van der Waals surface area contributed by atoms with E-state index in [1.165, 1.54) is 24.3 Å². The minimum absolute atomic E-state index is 0.0276. The Hall–Kier alpha value is -3.15. The molecule has 3 rings (SSSR count). The van der Waals surface area contributed by atoms with Crippen LogP contribution in [-0.2, 0) is 9.59 Å². The van der Waals surface area contributed by atoms with E-state index in [9.17, 15) is 24.6 Å². The van der Waals surface area contributed by atoms with Crippen LogP contribution in [0.5, 0.6) is 11.5 Å². The number of hydrogen-bond acceptors (Lipinski definition) is 5. The third-order valence-electron chi connectivity index (χ3n) is 4.13. The van der Waals surface area contributed by atoms with Crippen molar-refractivity contribution in [1.82, 2.24) is 0 Å². The molecule has 3 N–H and O–H groups in total. The molecule has 0 saturated heterocycles. The Morgan fingerprint density at radius 1 is 0.875 bits per heavy atom. The quantitative estimate of drug-likeness (QED) is 0.794. The van der Waals surface area contributed by atoms with Crippen LogP contribution in [0.4, 0.5) is 0 Å². The second kappa shape index (κ2) is 5.81. The van der Waals surface area contributed by atoms with Gasteiger partial charge in [-0.15, -0.1) is 0 Å². The number of carboxylic acid groups (broad SMARTS) is 1. The molecule has 0 saturated carbocycles. The van der Waals surface area contributed by atoms with Gasteiger partial charge in [0.2, 0.25) is 5.78 Å². The summed E-state index contributed by atoms with van der Waals surface area (Å²) in [5.41, 5.74) is 0.599. The molecule has 0 aromatic heterocycles. The van der Waals surface area contributed by atoms with Crippen LogP contribution in [0, 0.1) is 0 Å². The standard InChI is InChI=1S/C18H14O6/c19-11-5-1-3-9-15(13(21)7-8-14(22)23)10-4-2-6-12(20)17(10)18(24)16(9)11/h1-6,15,19-20H,7-8H2,(H,22,23). The fourth-order valence-corrected chi connectivity index (χ4v) is 3.10. The summed E-state index contributed by atoms with van der Waals surface area (Å²) in [7, 11) is 0. The fourth-order valence-electron chi connectivity index (χ4n) is 3.10. The van der Waals surface area contributed by atoms with Gasteiger partial charge in [-0.1, -0.05) is 24.3 Å². The Kier molecular flexibility index (Phi) is 3.81. The van der Waals surface area contributed by atoms with Crippen LogP contribution < -0.4 is 0 Å². The Labute approximate surface area is 137 Å². The number of carbonyl (C=O) groups excluding carboxylic acids is 2. The number of phenolic OH excluding ortho intramolecular Hbond substituents is 2. The van der Waals surface area contributed by atoms with E-state index < -0.39 is 17.7 Å². The van der Waals surface area contributed by atoms with Gasteiger partial charge in [0.25, 0.3) is 0 Å². The molecule has 122 valence electrons. The van der Waals surface area contributed by atoms with Crippen molar-refractivity contribution in [1.29, 1.82) is 0 Å². The van der Waals surface area contributed by atoms with Crippen LogP contribution in [0.25, 0.3) is 0 Å². The smallest absolute Gasteiger partial charge is 0.303 e. The monoisotopic (exact) mass is 326 g/mol. The zero-order valence-electron chi connectivity index (χ0n) is 12.5. The highest BCUT2D eigenvalue weighted by Crippen LogP contribution is 2.43. The summed E-state index contributed by atoms with van der Waals surface area (Å²) >= 11 is 0. The summed E-state index contributed by atoms with van der Waals surface area (Å²) in [5.74, 6) is -3.49. The summed E-state index contributed by atoms with van der Waals surface area (Å²) in [5, 5.41) is 28.9. The van der Waals surface area contributed by atoms with Crippen molar-refractivity contribution in [3.63, 3.8) is 0 Å². The molecule has 0 unspecified atom stereocenters. The van der Waals surface area contributed by atoms with Gasteiger partial charge in [0.05, 0.1) is 23.5 Å². The summed E-state index contributed by atoms with van der Waals surface area (Å²) < 4.78 is 0. The van der Waals surface area contributed by atoms with Crippen LogP contribution in [0.15, 0.2) is 36.4 Å². The fraction of sp³-hybridized carbons (Fsp3) is 0.167. The van der Waals surface area contributed by atoms with E-state index in [1.807, 2.05) is 0 Å². The molecule has 0 atom stereocenters. The molecule has 24 heavy (non-hydrogen) atoms. The SMILES string of the molecule is O=C(O)CCC(=O)C1c2cccc(O)c2C(=O)c2c(O)cccc21. The zero-order chi connectivity index (χ0) is 17.4. The number of carboxylic acids is 1. The average Bonchev–Trinajstić information content (AvgIpc) is 2.53. The topological polar surface area (TPSA) is 112 Å². The molecule has 0 aliphatic heterocycles. The van der Waals surface area contributed by atoms with Crippen molar-refractivity contribution in [2.24, 2.45) is 0 Å². The van der Waals surface area contributed by atoms with E-state index >= 15 is 0 Å². The molecule has 0 radical (unpaired) electrons. The lowest BCUT2D eigenvalue weighted by atomic mass is 9.74. The normalized spacial score (nSPS) is 13.2.